The molecule has 1 aromatic heterocycles. The minimum Gasteiger partial charge on any atom is -0.493 e. The molecule has 4 rings (SSSR count). The molecule has 0 bridgehead atoms. The molecule has 1 amide bonds. The van der Waals surface area contributed by atoms with Crippen LogP contribution in [0.1, 0.15) is 10.4 Å². The van der Waals surface area contributed by atoms with Crippen LogP contribution >= 0.6 is 0 Å². The number of hydrogen-bond donors (Lipinski definition) is 1. The number of aromatic nitrogens is 2. The van der Waals surface area contributed by atoms with Crippen molar-refractivity contribution in [2.45, 2.75) is 6.54 Å². The maximum absolute atomic E-state index is 12.9. The molecule has 1 aliphatic rings. The van der Waals surface area contributed by atoms with Gasteiger partial charge in [0.25, 0.3) is 5.91 Å². The summed E-state index contributed by atoms with van der Waals surface area (Å²) in [6.07, 6.45) is 0. The Labute approximate surface area is 161 Å². The van der Waals surface area contributed by atoms with Crippen molar-refractivity contribution in [3.05, 3.63) is 47.6 Å². The number of fused-ring (bicyclic) bond motifs is 3. The Morgan fingerprint density at radius 2 is 1.82 bits per heavy atom. The van der Waals surface area contributed by atoms with E-state index in [4.69, 9.17) is 14.2 Å². The fraction of sp³-hybridized carbons (Fsp3) is 0.250. The van der Waals surface area contributed by atoms with Crippen LogP contribution < -0.4 is 25.1 Å². The number of ether oxygens (including phenoxy) is 3. The van der Waals surface area contributed by atoms with Crippen molar-refractivity contribution in [3.63, 3.8) is 0 Å². The number of benzene rings is 2. The Bertz CT molecular complexity index is 1110. The molecule has 0 saturated carbocycles. The molecule has 0 saturated heterocycles. The molecule has 8 nitrogen and oxygen atoms in total. The monoisotopic (exact) mass is 380 g/mol. The smallest absolute Gasteiger partial charge is 0.280 e. The summed E-state index contributed by atoms with van der Waals surface area (Å²) in [5, 5.41) is 4.34. The lowest BCUT2D eigenvalue weighted by Gasteiger charge is -2.13. The minimum absolute atomic E-state index is 0.324. The topological polar surface area (TPSA) is 87.0 Å². The van der Waals surface area contributed by atoms with Gasteiger partial charge >= 0.3 is 0 Å². The molecule has 1 N–H and O–H groups in total. The molecule has 1 aliphatic heterocycles. The van der Waals surface area contributed by atoms with Gasteiger partial charge in [-0.25, -0.2) is 4.98 Å². The van der Waals surface area contributed by atoms with Crippen molar-refractivity contribution in [1.82, 2.24) is 9.55 Å². The van der Waals surface area contributed by atoms with Crippen molar-refractivity contribution < 1.29 is 19.0 Å². The minimum atomic E-state index is -0.441. The summed E-state index contributed by atoms with van der Waals surface area (Å²) in [4.78, 5) is 21.8. The molecule has 2 aromatic carbocycles. The lowest BCUT2D eigenvalue weighted by Crippen LogP contribution is -2.24. The van der Waals surface area contributed by atoms with Crippen molar-refractivity contribution in [2.75, 3.05) is 33.2 Å². The number of para-hydroxylation sites is 1. The first-order chi connectivity index (χ1) is 13.7. The predicted octanol–water partition coefficient (Wildman–Crippen LogP) is 2.23. The van der Waals surface area contributed by atoms with E-state index < -0.39 is 5.91 Å². The van der Waals surface area contributed by atoms with Crippen LogP contribution in [0.15, 0.2) is 41.4 Å². The summed E-state index contributed by atoms with van der Waals surface area (Å²) in [5.74, 6) is 1.69. The summed E-state index contributed by atoms with van der Waals surface area (Å²) in [6, 6.07) is 10.9. The second-order valence-electron chi connectivity index (χ2n) is 6.19. The van der Waals surface area contributed by atoms with E-state index >= 15 is 0 Å². The number of nitrogens with zero attached hydrogens (tertiary/aromatic N) is 3. The average Bonchev–Trinajstić information content (AvgIpc) is 3.23. The third kappa shape index (κ3) is 2.92. The van der Waals surface area contributed by atoms with Gasteiger partial charge in [-0.1, -0.05) is 12.1 Å². The molecule has 0 fully saturated rings. The lowest BCUT2D eigenvalue weighted by atomic mass is 10.1. The normalized spacial score (nSPS) is 13.2. The Hall–Kier alpha value is -3.55. The molecule has 0 unspecified atom stereocenters. The van der Waals surface area contributed by atoms with Gasteiger partial charge in [-0.15, -0.1) is 0 Å². The highest BCUT2D eigenvalue weighted by atomic mass is 16.5. The van der Waals surface area contributed by atoms with Gasteiger partial charge in [0.05, 0.1) is 26.8 Å². The number of nitrogens with one attached hydrogen (secondary N) is 1. The zero-order valence-electron chi connectivity index (χ0n) is 15.9. The Morgan fingerprint density at radius 1 is 1.11 bits per heavy atom. The van der Waals surface area contributed by atoms with E-state index in [1.54, 1.807) is 12.1 Å². The van der Waals surface area contributed by atoms with Crippen molar-refractivity contribution in [2.24, 2.45) is 4.99 Å². The molecule has 8 heteroatoms. The zero-order chi connectivity index (χ0) is 19.7. The lowest BCUT2D eigenvalue weighted by molar-refractivity contribution is 0.0995. The molecular weight excluding hydrogens is 360 g/mol. The van der Waals surface area contributed by atoms with Gasteiger partial charge in [-0.05, 0) is 24.3 Å². The summed E-state index contributed by atoms with van der Waals surface area (Å²) in [6.45, 7) is 1.45. The van der Waals surface area contributed by atoms with Gasteiger partial charge < -0.3 is 19.5 Å². The maximum Gasteiger partial charge on any atom is 0.280 e. The SMILES string of the molecule is COc1cc(C(=O)N=c2nc3ccccc3c3n2CCN3)cc(OC)c1OC. The second kappa shape index (κ2) is 7.22. The van der Waals surface area contributed by atoms with Gasteiger partial charge in [-0.2, -0.15) is 4.99 Å². The summed E-state index contributed by atoms with van der Waals surface area (Å²) in [5.41, 5.74) is 1.46. The molecule has 0 aliphatic carbocycles. The highest BCUT2D eigenvalue weighted by molar-refractivity contribution is 5.96. The molecule has 144 valence electrons. The largest absolute Gasteiger partial charge is 0.493 e. The summed E-state index contributed by atoms with van der Waals surface area (Å²) >= 11 is 0. The predicted molar refractivity (Wildman–Crippen MR) is 104 cm³/mol. The van der Waals surface area contributed by atoms with Crippen LogP contribution in [0.3, 0.4) is 0 Å². The number of hydrogen-bond acceptors (Lipinski definition) is 6. The maximum atomic E-state index is 12.9. The van der Waals surface area contributed by atoms with Crippen LogP contribution in [0.5, 0.6) is 17.2 Å². The van der Waals surface area contributed by atoms with Crippen LogP contribution in [0.4, 0.5) is 5.82 Å². The van der Waals surface area contributed by atoms with E-state index in [0.717, 1.165) is 23.3 Å². The zero-order valence-corrected chi connectivity index (χ0v) is 15.9. The first kappa shape index (κ1) is 17.8. The third-order valence-electron chi connectivity index (χ3n) is 4.63. The van der Waals surface area contributed by atoms with Crippen LogP contribution in [0.25, 0.3) is 10.9 Å². The number of methoxy groups -OCH3 is 3. The third-order valence-corrected chi connectivity index (χ3v) is 4.63. The van der Waals surface area contributed by atoms with E-state index in [0.29, 0.717) is 35.0 Å². The quantitative estimate of drug-likeness (QED) is 0.747. The van der Waals surface area contributed by atoms with Crippen molar-refractivity contribution in [1.29, 1.82) is 0 Å². The standard InChI is InChI=1S/C20H20N4O4/c1-26-15-10-12(11-16(27-2)17(15)28-3)19(25)23-20-22-14-7-5-4-6-13(14)18-21-8-9-24(18)20/h4-7,10-11,21H,8-9H2,1-3H3. The second-order valence-corrected chi connectivity index (χ2v) is 6.19. The molecule has 0 radical (unpaired) electrons. The van der Waals surface area contributed by atoms with E-state index in [9.17, 15) is 4.79 Å². The molecular formula is C20H20N4O4. The fourth-order valence-corrected chi connectivity index (χ4v) is 3.32. The van der Waals surface area contributed by atoms with E-state index in [1.807, 2.05) is 28.8 Å². The van der Waals surface area contributed by atoms with Crippen LogP contribution in [0, 0.1) is 0 Å². The number of carbonyl (C=O) groups is 1. The molecule has 2 heterocycles. The van der Waals surface area contributed by atoms with Gasteiger partial charge in [0.1, 0.15) is 5.82 Å². The Kier molecular flexibility index (Phi) is 4.60. The number of carbonyl (C=O) groups excluding carboxylic acids is 1. The average molecular weight is 380 g/mol. The van der Waals surface area contributed by atoms with Crippen molar-refractivity contribution >= 4 is 22.6 Å². The number of rotatable bonds is 4. The first-order valence-electron chi connectivity index (χ1n) is 8.78. The molecule has 0 atom stereocenters. The van der Waals surface area contributed by atoms with E-state index in [-0.39, 0.29) is 0 Å². The van der Waals surface area contributed by atoms with Gasteiger partial charge in [0.15, 0.2) is 11.5 Å². The number of amides is 1. The number of anilines is 1. The fourth-order valence-electron chi connectivity index (χ4n) is 3.32. The van der Waals surface area contributed by atoms with Gasteiger partial charge in [0, 0.05) is 24.0 Å². The highest BCUT2D eigenvalue weighted by Gasteiger charge is 2.19. The van der Waals surface area contributed by atoms with E-state index in [2.05, 4.69) is 15.3 Å². The Balaban J connectivity index is 1.86. The van der Waals surface area contributed by atoms with E-state index in [1.165, 1.54) is 21.3 Å². The van der Waals surface area contributed by atoms with Crippen LogP contribution in [-0.2, 0) is 6.54 Å². The van der Waals surface area contributed by atoms with Gasteiger partial charge in [0.2, 0.25) is 11.4 Å². The molecule has 0 spiro atoms. The molecule has 3 aromatic rings. The summed E-state index contributed by atoms with van der Waals surface area (Å²) < 4.78 is 17.9. The van der Waals surface area contributed by atoms with Gasteiger partial charge in [-0.3, -0.25) is 9.36 Å². The highest BCUT2D eigenvalue weighted by Crippen LogP contribution is 2.38. The van der Waals surface area contributed by atoms with Crippen LogP contribution in [-0.4, -0.2) is 43.3 Å². The Morgan fingerprint density at radius 3 is 2.50 bits per heavy atom. The summed E-state index contributed by atoms with van der Waals surface area (Å²) in [7, 11) is 4.52. The van der Waals surface area contributed by atoms with Crippen LogP contribution in [0.2, 0.25) is 0 Å². The first-order valence-corrected chi connectivity index (χ1v) is 8.78. The van der Waals surface area contributed by atoms with Crippen molar-refractivity contribution in [3.8, 4) is 17.2 Å². The molecule has 28 heavy (non-hydrogen) atoms.